The van der Waals surface area contributed by atoms with E-state index in [1.54, 1.807) is 19.1 Å². The first kappa shape index (κ1) is 19.7. The molecule has 1 heterocycles. The molecule has 4 rings (SSSR count). The zero-order valence-corrected chi connectivity index (χ0v) is 16.3. The highest BCUT2D eigenvalue weighted by atomic mass is 16.6. The Hall–Kier alpha value is -3.59. The Bertz CT molecular complexity index is 1050. The van der Waals surface area contributed by atoms with E-state index in [0.29, 0.717) is 36.7 Å². The number of esters is 1. The van der Waals surface area contributed by atoms with Crippen molar-refractivity contribution in [3.05, 3.63) is 75.7 Å². The van der Waals surface area contributed by atoms with Crippen LogP contribution in [0.5, 0.6) is 0 Å². The number of aromatic nitrogens is 2. The molecule has 0 saturated carbocycles. The molecular formula is C21H20N4O5. The van der Waals surface area contributed by atoms with Crippen LogP contribution in [0.3, 0.4) is 0 Å². The van der Waals surface area contributed by atoms with Crippen LogP contribution in [0.2, 0.25) is 0 Å². The largest absolute Gasteiger partial charge is 0.465 e. The summed E-state index contributed by atoms with van der Waals surface area (Å²) in [4.78, 5) is 27.4. The molecule has 0 unspecified atom stereocenters. The lowest BCUT2D eigenvalue weighted by molar-refractivity contribution is -0.384. The molecule has 1 N–H and O–H groups in total. The molecule has 2 aromatic carbocycles. The topological polar surface area (TPSA) is 120 Å². The van der Waals surface area contributed by atoms with Gasteiger partial charge in [-0.3, -0.25) is 20.2 Å². The van der Waals surface area contributed by atoms with Gasteiger partial charge in [0.05, 0.1) is 18.1 Å². The minimum atomic E-state index is -0.887. The van der Waals surface area contributed by atoms with Crippen molar-refractivity contribution in [3.63, 3.8) is 0 Å². The second-order valence-corrected chi connectivity index (χ2v) is 7.09. The summed E-state index contributed by atoms with van der Waals surface area (Å²) in [6.07, 6.45) is 1.04. The number of nitrogens with one attached hydrogen (secondary N) is 1. The summed E-state index contributed by atoms with van der Waals surface area (Å²) in [6, 6.07) is 13.8. The Morgan fingerprint density at radius 1 is 1.20 bits per heavy atom. The number of nitro benzene ring substituents is 1. The van der Waals surface area contributed by atoms with Crippen molar-refractivity contribution in [2.75, 3.05) is 6.61 Å². The van der Waals surface area contributed by atoms with Gasteiger partial charge in [-0.25, -0.2) is 0 Å². The number of nitro groups is 1. The van der Waals surface area contributed by atoms with Crippen LogP contribution in [0.15, 0.2) is 53.1 Å². The first-order valence-electron chi connectivity index (χ1n) is 9.57. The molecule has 1 aromatic heterocycles. The fourth-order valence-electron chi connectivity index (χ4n) is 3.65. The highest BCUT2D eigenvalue weighted by Gasteiger charge is 2.45. The Morgan fingerprint density at radius 2 is 1.87 bits per heavy atom. The summed E-state index contributed by atoms with van der Waals surface area (Å²) in [7, 11) is 0. The van der Waals surface area contributed by atoms with Crippen LogP contribution < -0.4 is 5.32 Å². The monoisotopic (exact) mass is 408 g/mol. The van der Waals surface area contributed by atoms with Crippen molar-refractivity contribution in [3.8, 4) is 11.4 Å². The van der Waals surface area contributed by atoms with Crippen molar-refractivity contribution in [1.82, 2.24) is 15.5 Å². The van der Waals surface area contributed by atoms with E-state index >= 15 is 0 Å². The number of carbonyl (C=O) groups is 1. The third-order valence-corrected chi connectivity index (χ3v) is 5.15. The van der Waals surface area contributed by atoms with E-state index in [1.165, 1.54) is 12.1 Å². The standard InChI is InChI=1S/C21H20N4O5/c1-2-29-20(26)21(11-15-5-3-4-6-16(15)12-21)22-13-18-23-19(24-30-18)14-7-9-17(10-8-14)25(27)28/h3-10,22H,2,11-13H2,1H3. The Kier molecular flexibility index (Phi) is 5.28. The van der Waals surface area contributed by atoms with E-state index in [0.717, 1.165) is 11.1 Å². The van der Waals surface area contributed by atoms with Gasteiger partial charge in [0.1, 0.15) is 5.54 Å². The third kappa shape index (κ3) is 3.79. The lowest BCUT2D eigenvalue weighted by Crippen LogP contribution is -2.53. The van der Waals surface area contributed by atoms with Crippen molar-refractivity contribution >= 4 is 11.7 Å². The summed E-state index contributed by atoms with van der Waals surface area (Å²) < 4.78 is 10.6. The van der Waals surface area contributed by atoms with Crippen LogP contribution >= 0.6 is 0 Å². The second kappa shape index (κ2) is 8.03. The van der Waals surface area contributed by atoms with Gasteiger partial charge in [-0.05, 0) is 30.2 Å². The zero-order chi connectivity index (χ0) is 21.1. The normalized spacial score (nSPS) is 14.3. The smallest absolute Gasteiger partial charge is 0.327 e. The number of nitrogens with zero attached hydrogens (tertiary/aromatic N) is 3. The number of rotatable bonds is 7. The number of hydrogen-bond acceptors (Lipinski definition) is 8. The maximum Gasteiger partial charge on any atom is 0.327 e. The molecule has 3 aromatic rings. The number of non-ortho nitro benzene ring substituents is 1. The van der Waals surface area contributed by atoms with Crippen LogP contribution in [0.25, 0.3) is 11.4 Å². The minimum Gasteiger partial charge on any atom is -0.465 e. The number of ether oxygens (including phenoxy) is 1. The number of benzene rings is 2. The fourth-order valence-corrected chi connectivity index (χ4v) is 3.65. The van der Waals surface area contributed by atoms with E-state index in [9.17, 15) is 14.9 Å². The Balaban J connectivity index is 1.50. The Morgan fingerprint density at radius 3 is 2.47 bits per heavy atom. The van der Waals surface area contributed by atoms with Gasteiger partial charge < -0.3 is 9.26 Å². The maximum absolute atomic E-state index is 12.8. The fraction of sp³-hybridized carbons (Fsp3) is 0.286. The van der Waals surface area contributed by atoms with E-state index in [1.807, 2.05) is 24.3 Å². The SMILES string of the molecule is CCOC(=O)C1(NCc2nc(-c3ccc([N+](=O)[O-])cc3)no2)Cc2ccccc2C1. The summed E-state index contributed by atoms with van der Waals surface area (Å²) in [5.74, 6) is 0.320. The van der Waals surface area contributed by atoms with Crippen LogP contribution in [0, 0.1) is 10.1 Å². The molecule has 1 aliphatic carbocycles. The van der Waals surface area contributed by atoms with Crippen molar-refractivity contribution in [1.29, 1.82) is 0 Å². The van der Waals surface area contributed by atoms with E-state index < -0.39 is 10.5 Å². The molecular weight excluding hydrogens is 388 g/mol. The molecule has 9 nitrogen and oxygen atoms in total. The molecule has 0 radical (unpaired) electrons. The molecule has 9 heteroatoms. The molecule has 0 fully saturated rings. The third-order valence-electron chi connectivity index (χ3n) is 5.15. The van der Waals surface area contributed by atoms with Crippen molar-refractivity contribution in [2.24, 2.45) is 0 Å². The predicted octanol–water partition coefficient (Wildman–Crippen LogP) is 2.84. The van der Waals surface area contributed by atoms with Gasteiger partial charge in [-0.15, -0.1) is 0 Å². The summed E-state index contributed by atoms with van der Waals surface area (Å²) >= 11 is 0. The summed E-state index contributed by atoms with van der Waals surface area (Å²) in [6.45, 7) is 2.26. The van der Waals surface area contributed by atoms with Gasteiger partial charge in [0.2, 0.25) is 11.7 Å². The predicted molar refractivity (Wildman–Crippen MR) is 106 cm³/mol. The quantitative estimate of drug-likeness (QED) is 0.360. The van der Waals surface area contributed by atoms with Gasteiger partial charge in [-0.1, -0.05) is 29.4 Å². The van der Waals surface area contributed by atoms with Crippen LogP contribution in [0.4, 0.5) is 5.69 Å². The Labute approximate surface area is 172 Å². The summed E-state index contributed by atoms with van der Waals surface area (Å²) in [5.41, 5.74) is 1.91. The first-order valence-corrected chi connectivity index (χ1v) is 9.57. The lowest BCUT2D eigenvalue weighted by Gasteiger charge is -2.27. The van der Waals surface area contributed by atoms with Gasteiger partial charge >= 0.3 is 5.97 Å². The molecule has 30 heavy (non-hydrogen) atoms. The lowest BCUT2D eigenvalue weighted by atomic mass is 9.95. The highest BCUT2D eigenvalue weighted by Crippen LogP contribution is 2.31. The van der Waals surface area contributed by atoms with E-state index in [2.05, 4.69) is 15.5 Å². The molecule has 0 amide bonds. The van der Waals surface area contributed by atoms with Gasteiger partial charge in [0.25, 0.3) is 5.69 Å². The van der Waals surface area contributed by atoms with Crippen LogP contribution in [0.1, 0.15) is 23.9 Å². The molecule has 0 spiro atoms. The zero-order valence-electron chi connectivity index (χ0n) is 16.3. The molecule has 1 aliphatic rings. The number of hydrogen-bond donors (Lipinski definition) is 1. The average Bonchev–Trinajstić information content (AvgIpc) is 3.38. The van der Waals surface area contributed by atoms with Gasteiger partial charge in [-0.2, -0.15) is 4.98 Å². The van der Waals surface area contributed by atoms with Gasteiger partial charge in [0.15, 0.2) is 0 Å². The second-order valence-electron chi connectivity index (χ2n) is 7.09. The highest BCUT2D eigenvalue weighted by molar-refractivity contribution is 5.83. The van der Waals surface area contributed by atoms with Gasteiger partial charge in [0, 0.05) is 30.5 Å². The molecule has 154 valence electrons. The van der Waals surface area contributed by atoms with Crippen molar-refractivity contribution in [2.45, 2.75) is 31.8 Å². The number of fused-ring (bicyclic) bond motifs is 1. The maximum atomic E-state index is 12.8. The van der Waals surface area contributed by atoms with Crippen LogP contribution in [-0.4, -0.2) is 33.2 Å². The molecule has 0 atom stereocenters. The van der Waals surface area contributed by atoms with Crippen molar-refractivity contribution < 1.29 is 19.0 Å². The first-order chi connectivity index (χ1) is 14.5. The number of carbonyl (C=O) groups excluding carboxylic acids is 1. The summed E-state index contributed by atoms with van der Waals surface area (Å²) in [5, 5.41) is 18.0. The van der Waals surface area contributed by atoms with E-state index in [-0.39, 0.29) is 18.2 Å². The minimum absolute atomic E-state index is 0.0127. The van der Waals surface area contributed by atoms with Crippen LogP contribution in [-0.2, 0) is 28.9 Å². The average molecular weight is 408 g/mol. The molecule has 0 saturated heterocycles. The van der Waals surface area contributed by atoms with E-state index in [4.69, 9.17) is 9.26 Å². The molecule has 0 aliphatic heterocycles. The molecule has 0 bridgehead atoms.